The summed E-state index contributed by atoms with van der Waals surface area (Å²) in [7, 11) is 0. The van der Waals surface area contributed by atoms with Crippen molar-refractivity contribution in [3.63, 3.8) is 0 Å². The van der Waals surface area contributed by atoms with Crippen LogP contribution in [0.25, 0.3) is 5.69 Å². The quantitative estimate of drug-likeness (QED) is 0.513. The molecule has 1 aliphatic rings. The molecule has 1 saturated heterocycles. The molecular formula is C21H21F5N6O. The summed E-state index contributed by atoms with van der Waals surface area (Å²) in [6.45, 7) is -2.15. The molecule has 0 bridgehead atoms. The van der Waals surface area contributed by atoms with E-state index in [-0.39, 0.29) is 35.6 Å². The van der Waals surface area contributed by atoms with Gasteiger partial charge in [-0.1, -0.05) is 30.3 Å². The summed E-state index contributed by atoms with van der Waals surface area (Å²) < 4.78 is 70.6. The van der Waals surface area contributed by atoms with Gasteiger partial charge in [-0.2, -0.15) is 26.6 Å². The Morgan fingerprint density at radius 1 is 1.15 bits per heavy atom. The molecule has 1 aromatic heterocycles. The number of hydrogen-bond donors (Lipinski definition) is 2. The molecule has 2 heterocycles. The number of tetrazole rings is 1. The monoisotopic (exact) mass is 468 g/mol. The number of halogens is 5. The van der Waals surface area contributed by atoms with Crippen molar-refractivity contribution in [2.24, 2.45) is 0 Å². The van der Waals surface area contributed by atoms with E-state index in [1.165, 1.54) is 18.2 Å². The van der Waals surface area contributed by atoms with Crippen LogP contribution < -0.4 is 15.4 Å². The minimum atomic E-state index is -4.78. The molecule has 0 unspecified atom stereocenters. The lowest BCUT2D eigenvalue weighted by atomic mass is 9.92. The van der Waals surface area contributed by atoms with Gasteiger partial charge in [0.2, 0.25) is 0 Å². The molecular weight excluding hydrogens is 447 g/mol. The number of piperidine rings is 1. The van der Waals surface area contributed by atoms with E-state index in [9.17, 15) is 22.0 Å². The SMILES string of the molecule is FC(F)Oc1ccc(-n2nnnc2C(F)(F)F)cc1CN[C@H]1CCCN[C@H]1c1ccccc1. The van der Waals surface area contributed by atoms with E-state index in [0.717, 1.165) is 24.9 Å². The van der Waals surface area contributed by atoms with Crippen molar-refractivity contribution >= 4 is 0 Å². The maximum Gasteiger partial charge on any atom is 0.453 e. The van der Waals surface area contributed by atoms with Gasteiger partial charge in [0.25, 0.3) is 5.82 Å². The van der Waals surface area contributed by atoms with Gasteiger partial charge in [-0.3, -0.25) is 0 Å². The lowest BCUT2D eigenvalue weighted by molar-refractivity contribution is -0.146. The average molecular weight is 468 g/mol. The van der Waals surface area contributed by atoms with Gasteiger partial charge in [0, 0.05) is 24.2 Å². The van der Waals surface area contributed by atoms with Crippen LogP contribution in [0.5, 0.6) is 5.75 Å². The molecule has 0 radical (unpaired) electrons. The number of hydrogen-bond acceptors (Lipinski definition) is 6. The van der Waals surface area contributed by atoms with Crippen LogP contribution in [0, 0.1) is 0 Å². The van der Waals surface area contributed by atoms with Crippen molar-refractivity contribution in [3.05, 3.63) is 65.5 Å². The van der Waals surface area contributed by atoms with Gasteiger partial charge in [0.1, 0.15) is 5.75 Å². The highest BCUT2D eigenvalue weighted by Crippen LogP contribution is 2.31. The molecule has 0 aliphatic carbocycles. The van der Waals surface area contributed by atoms with Crippen LogP contribution in [0.3, 0.4) is 0 Å². The molecule has 176 valence electrons. The first kappa shape index (κ1) is 23.1. The molecule has 0 saturated carbocycles. The molecule has 12 heteroatoms. The first-order valence-corrected chi connectivity index (χ1v) is 10.3. The molecule has 7 nitrogen and oxygen atoms in total. The van der Waals surface area contributed by atoms with Crippen molar-refractivity contribution in [2.75, 3.05) is 6.54 Å². The van der Waals surface area contributed by atoms with Crippen molar-refractivity contribution in [2.45, 2.75) is 44.3 Å². The first-order valence-electron chi connectivity index (χ1n) is 10.3. The highest BCUT2D eigenvalue weighted by molar-refractivity contribution is 5.44. The van der Waals surface area contributed by atoms with Crippen molar-refractivity contribution < 1.29 is 26.7 Å². The van der Waals surface area contributed by atoms with Crippen LogP contribution >= 0.6 is 0 Å². The summed E-state index contributed by atoms with van der Waals surface area (Å²) in [5.74, 6) is -1.45. The van der Waals surface area contributed by atoms with Crippen LogP contribution in [-0.2, 0) is 12.7 Å². The van der Waals surface area contributed by atoms with E-state index in [0.29, 0.717) is 4.68 Å². The van der Waals surface area contributed by atoms with Gasteiger partial charge in [0.05, 0.1) is 5.69 Å². The fraction of sp³-hybridized carbons (Fsp3) is 0.381. The second-order valence-electron chi connectivity index (χ2n) is 7.55. The third kappa shape index (κ3) is 5.45. The van der Waals surface area contributed by atoms with E-state index < -0.39 is 18.6 Å². The minimum absolute atomic E-state index is 0.000975. The van der Waals surface area contributed by atoms with E-state index in [1.54, 1.807) is 0 Å². The van der Waals surface area contributed by atoms with Crippen LogP contribution in [0.1, 0.15) is 35.8 Å². The molecule has 1 aliphatic heterocycles. The standard InChI is InChI=1S/C21H21F5N6O/c22-20(23)33-17-9-8-15(32-19(21(24,25)26)29-30-31-32)11-14(17)12-28-16-7-4-10-27-18(16)13-5-2-1-3-6-13/h1-3,5-6,8-9,11,16,18,20,27-28H,4,7,10,12H2/t16-,18-/m0/s1. The second-order valence-corrected chi connectivity index (χ2v) is 7.55. The van der Waals surface area contributed by atoms with Crippen molar-refractivity contribution in [1.29, 1.82) is 0 Å². The van der Waals surface area contributed by atoms with E-state index in [2.05, 4.69) is 30.9 Å². The maximum absolute atomic E-state index is 13.2. The number of alkyl halides is 5. The van der Waals surface area contributed by atoms with Gasteiger partial charge < -0.3 is 15.4 Å². The number of nitrogens with one attached hydrogen (secondary N) is 2. The van der Waals surface area contributed by atoms with Gasteiger partial charge in [0.15, 0.2) is 0 Å². The third-order valence-electron chi connectivity index (χ3n) is 5.40. The van der Waals surface area contributed by atoms with Gasteiger partial charge in [-0.15, -0.1) is 5.10 Å². The Kier molecular flexibility index (Phi) is 6.84. The molecule has 0 amide bonds. The smallest absolute Gasteiger partial charge is 0.434 e. The zero-order valence-electron chi connectivity index (χ0n) is 17.3. The number of ether oxygens (including phenoxy) is 1. The van der Waals surface area contributed by atoms with Crippen molar-refractivity contribution in [1.82, 2.24) is 30.8 Å². The minimum Gasteiger partial charge on any atom is -0.434 e. The molecule has 3 aromatic rings. The van der Waals surface area contributed by atoms with Crippen LogP contribution in [0.15, 0.2) is 48.5 Å². The molecule has 2 N–H and O–H groups in total. The van der Waals surface area contributed by atoms with E-state index >= 15 is 0 Å². The molecule has 1 fully saturated rings. The van der Waals surface area contributed by atoms with E-state index in [4.69, 9.17) is 0 Å². The fourth-order valence-corrected chi connectivity index (χ4v) is 3.94. The lowest BCUT2D eigenvalue weighted by Gasteiger charge is -2.34. The Hall–Kier alpha value is -3.12. The van der Waals surface area contributed by atoms with Crippen LogP contribution in [-0.4, -0.2) is 39.4 Å². The zero-order chi connectivity index (χ0) is 23.4. The molecule has 2 atom stereocenters. The Bertz CT molecular complexity index is 1060. The molecule has 4 rings (SSSR count). The van der Waals surface area contributed by atoms with Crippen molar-refractivity contribution in [3.8, 4) is 11.4 Å². The molecule has 33 heavy (non-hydrogen) atoms. The molecule has 2 aromatic carbocycles. The van der Waals surface area contributed by atoms with Crippen LogP contribution in [0.4, 0.5) is 22.0 Å². The summed E-state index contributed by atoms with van der Waals surface area (Å²) in [6.07, 6.45) is -3.03. The highest BCUT2D eigenvalue weighted by atomic mass is 19.4. The summed E-state index contributed by atoms with van der Waals surface area (Å²) in [4.78, 5) is 0. The second kappa shape index (κ2) is 9.79. The number of nitrogens with zero attached hydrogens (tertiary/aromatic N) is 4. The number of benzene rings is 2. The Morgan fingerprint density at radius 2 is 1.94 bits per heavy atom. The molecule has 0 spiro atoms. The maximum atomic E-state index is 13.2. The Morgan fingerprint density at radius 3 is 2.67 bits per heavy atom. The summed E-state index contributed by atoms with van der Waals surface area (Å²) in [6, 6.07) is 13.5. The summed E-state index contributed by atoms with van der Waals surface area (Å²) >= 11 is 0. The van der Waals surface area contributed by atoms with Crippen LogP contribution in [0.2, 0.25) is 0 Å². The largest absolute Gasteiger partial charge is 0.453 e. The summed E-state index contributed by atoms with van der Waals surface area (Å²) in [5.41, 5.74) is 1.32. The zero-order valence-corrected chi connectivity index (χ0v) is 17.3. The Labute approximate surface area is 185 Å². The Balaban J connectivity index is 1.60. The van der Waals surface area contributed by atoms with Gasteiger partial charge in [-0.25, -0.2) is 0 Å². The van der Waals surface area contributed by atoms with E-state index in [1.807, 2.05) is 30.3 Å². The lowest BCUT2D eigenvalue weighted by Crippen LogP contribution is -2.45. The number of aromatic nitrogens is 4. The topological polar surface area (TPSA) is 76.9 Å². The third-order valence-corrected chi connectivity index (χ3v) is 5.40. The fourth-order valence-electron chi connectivity index (χ4n) is 3.94. The highest BCUT2D eigenvalue weighted by Gasteiger charge is 2.38. The number of rotatable bonds is 7. The predicted octanol–water partition coefficient (Wildman–Crippen LogP) is 3.87. The normalized spacial score (nSPS) is 19.1. The predicted molar refractivity (Wildman–Crippen MR) is 108 cm³/mol. The first-order chi connectivity index (χ1) is 15.8. The summed E-state index contributed by atoms with van der Waals surface area (Å²) in [5, 5.41) is 16.3. The van der Waals surface area contributed by atoms with Gasteiger partial charge in [-0.05, 0) is 53.6 Å². The van der Waals surface area contributed by atoms with Gasteiger partial charge >= 0.3 is 12.8 Å². The average Bonchev–Trinajstić information content (AvgIpc) is 3.30.